The Labute approximate surface area is 88.5 Å². The summed E-state index contributed by atoms with van der Waals surface area (Å²) in [6.07, 6.45) is 3.31. The lowest BCUT2D eigenvalue weighted by molar-refractivity contribution is -0.116. The zero-order valence-corrected chi connectivity index (χ0v) is 11.2. The lowest BCUT2D eigenvalue weighted by Gasteiger charge is -2.35. The van der Waals surface area contributed by atoms with Crippen molar-refractivity contribution >= 4 is 14.1 Å². The van der Waals surface area contributed by atoms with Gasteiger partial charge in [0.05, 0.1) is 6.61 Å². The molecule has 0 fully saturated rings. The number of rotatable bonds is 4. The molecule has 0 spiro atoms. The topological polar surface area (TPSA) is 26.3 Å². The first-order valence-electron chi connectivity index (χ1n) is 5.00. The molecular formula is C11H22O2Si. The van der Waals surface area contributed by atoms with Gasteiger partial charge in [0.2, 0.25) is 0 Å². The van der Waals surface area contributed by atoms with Gasteiger partial charge < -0.3 is 4.43 Å². The molecule has 0 aliphatic carbocycles. The smallest absolute Gasteiger partial charge is 0.192 e. The predicted molar refractivity (Wildman–Crippen MR) is 63.0 cm³/mol. The van der Waals surface area contributed by atoms with Gasteiger partial charge in [-0.3, -0.25) is 4.79 Å². The number of allylic oxidation sites excluding steroid dienone is 1. The summed E-state index contributed by atoms with van der Waals surface area (Å²) < 4.78 is 5.75. The molecule has 82 valence electrons. The van der Waals surface area contributed by atoms with Gasteiger partial charge in [0, 0.05) is 0 Å². The fourth-order valence-corrected chi connectivity index (χ4v) is 1.64. The Bertz CT molecular complexity index is 224. The fourth-order valence-electron chi connectivity index (χ4n) is 0.702. The summed E-state index contributed by atoms with van der Waals surface area (Å²) in [4.78, 5) is 11.2. The molecule has 0 aliphatic rings. The van der Waals surface area contributed by atoms with Gasteiger partial charge in [-0.25, -0.2) is 0 Å². The summed E-state index contributed by atoms with van der Waals surface area (Å²) in [5.41, 5.74) is 0. The van der Waals surface area contributed by atoms with E-state index in [-0.39, 0.29) is 17.4 Å². The van der Waals surface area contributed by atoms with Crippen molar-refractivity contribution in [3.8, 4) is 0 Å². The van der Waals surface area contributed by atoms with Gasteiger partial charge in [0.25, 0.3) is 0 Å². The molecule has 3 heteroatoms. The van der Waals surface area contributed by atoms with E-state index in [4.69, 9.17) is 4.43 Å². The van der Waals surface area contributed by atoms with Gasteiger partial charge in [-0.05, 0) is 31.1 Å². The Morgan fingerprint density at radius 2 is 1.86 bits per heavy atom. The molecule has 0 aromatic heterocycles. The second kappa shape index (κ2) is 4.89. The number of ketones is 1. The van der Waals surface area contributed by atoms with E-state index in [2.05, 4.69) is 33.9 Å². The maximum Gasteiger partial charge on any atom is 0.192 e. The van der Waals surface area contributed by atoms with Crippen LogP contribution in [-0.2, 0) is 9.22 Å². The number of carbonyl (C=O) groups excluding carboxylic acids is 1. The number of hydrogen-bond donors (Lipinski definition) is 0. The Hall–Kier alpha value is -0.413. The zero-order chi connectivity index (χ0) is 11.4. The van der Waals surface area contributed by atoms with Crippen molar-refractivity contribution in [2.75, 3.05) is 6.61 Å². The van der Waals surface area contributed by atoms with Crippen LogP contribution in [0.15, 0.2) is 12.2 Å². The minimum Gasteiger partial charge on any atom is -0.409 e. The SMILES string of the molecule is CC=CC(=O)CO[Si](C)(C)C(C)(C)C. The molecule has 0 saturated heterocycles. The molecule has 0 aromatic rings. The van der Waals surface area contributed by atoms with Crippen molar-refractivity contribution in [1.29, 1.82) is 0 Å². The minimum atomic E-state index is -1.75. The first-order chi connectivity index (χ1) is 6.20. The van der Waals surface area contributed by atoms with E-state index in [1.807, 2.05) is 6.92 Å². The third kappa shape index (κ3) is 4.20. The highest BCUT2D eigenvalue weighted by atomic mass is 28.4. The van der Waals surface area contributed by atoms with Gasteiger partial charge >= 0.3 is 0 Å². The summed E-state index contributed by atoms with van der Waals surface area (Å²) in [6.45, 7) is 12.9. The molecule has 0 bridgehead atoms. The molecule has 0 radical (unpaired) electrons. The molecule has 0 N–H and O–H groups in total. The van der Waals surface area contributed by atoms with Crippen LogP contribution < -0.4 is 0 Å². The average molecular weight is 214 g/mol. The van der Waals surface area contributed by atoms with E-state index in [0.717, 1.165) is 0 Å². The van der Waals surface area contributed by atoms with Gasteiger partial charge in [0.15, 0.2) is 14.1 Å². The van der Waals surface area contributed by atoms with Gasteiger partial charge in [-0.1, -0.05) is 26.8 Å². The molecule has 14 heavy (non-hydrogen) atoms. The first kappa shape index (κ1) is 13.6. The molecule has 0 rings (SSSR count). The maximum atomic E-state index is 11.2. The van der Waals surface area contributed by atoms with Crippen molar-refractivity contribution in [1.82, 2.24) is 0 Å². The van der Waals surface area contributed by atoms with E-state index in [1.165, 1.54) is 0 Å². The van der Waals surface area contributed by atoms with Crippen LogP contribution in [0.3, 0.4) is 0 Å². The maximum absolute atomic E-state index is 11.2. The van der Waals surface area contributed by atoms with Crippen molar-refractivity contribution in [2.45, 2.75) is 45.8 Å². The standard InChI is InChI=1S/C11H22O2Si/c1-7-8-10(12)9-13-14(5,6)11(2,3)4/h7-8H,9H2,1-6H3. The monoisotopic (exact) mass is 214 g/mol. The van der Waals surface area contributed by atoms with Crippen LogP contribution in [0, 0.1) is 0 Å². The lowest BCUT2D eigenvalue weighted by atomic mass is 10.2. The molecule has 0 aromatic carbocycles. The molecule has 0 atom stereocenters. The van der Waals surface area contributed by atoms with E-state index in [1.54, 1.807) is 12.2 Å². The number of hydrogen-bond acceptors (Lipinski definition) is 2. The largest absolute Gasteiger partial charge is 0.409 e. The van der Waals surface area contributed by atoms with Crippen LogP contribution >= 0.6 is 0 Å². The summed E-state index contributed by atoms with van der Waals surface area (Å²) in [5, 5.41) is 0.170. The fraction of sp³-hybridized carbons (Fsp3) is 0.727. The molecule has 2 nitrogen and oxygen atoms in total. The van der Waals surface area contributed by atoms with Crippen LogP contribution in [0.4, 0.5) is 0 Å². The predicted octanol–water partition coefficient (Wildman–Crippen LogP) is 3.15. The normalized spacial score (nSPS) is 13.6. The van der Waals surface area contributed by atoms with Gasteiger partial charge in [-0.2, -0.15) is 0 Å². The van der Waals surface area contributed by atoms with Crippen molar-refractivity contribution in [3.63, 3.8) is 0 Å². The third-order valence-electron chi connectivity index (χ3n) is 2.73. The Kier molecular flexibility index (Phi) is 4.75. The highest BCUT2D eigenvalue weighted by Gasteiger charge is 2.37. The lowest BCUT2D eigenvalue weighted by Crippen LogP contribution is -2.41. The zero-order valence-electron chi connectivity index (χ0n) is 10.2. The second-order valence-corrected chi connectivity index (χ2v) is 9.82. The van der Waals surface area contributed by atoms with Crippen LogP contribution in [0.1, 0.15) is 27.7 Å². The average Bonchev–Trinajstić information content (AvgIpc) is 1.99. The van der Waals surface area contributed by atoms with Crippen molar-refractivity contribution in [2.24, 2.45) is 0 Å². The van der Waals surface area contributed by atoms with Crippen LogP contribution in [0.2, 0.25) is 18.1 Å². The van der Waals surface area contributed by atoms with E-state index < -0.39 is 8.32 Å². The Morgan fingerprint density at radius 1 is 1.36 bits per heavy atom. The van der Waals surface area contributed by atoms with Crippen LogP contribution in [-0.4, -0.2) is 20.7 Å². The van der Waals surface area contributed by atoms with Crippen LogP contribution in [0.5, 0.6) is 0 Å². The molecular weight excluding hydrogens is 192 g/mol. The summed E-state index contributed by atoms with van der Waals surface area (Å²) in [7, 11) is -1.75. The van der Waals surface area contributed by atoms with E-state index >= 15 is 0 Å². The highest BCUT2D eigenvalue weighted by molar-refractivity contribution is 6.74. The highest BCUT2D eigenvalue weighted by Crippen LogP contribution is 2.36. The number of carbonyl (C=O) groups is 1. The molecule has 0 aliphatic heterocycles. The third-order valence-corrected chi connectivity index (χ3v) is 7.21. The summed E-state index contributed by atoms with van der Waals surface area (Å²) in [6, 6.07) is 0. The second-order valence-electron chi connectivity index (χ2n) is 5.02. The molecule has 0 amide bonds. The summed E-state index contributed by atoms with van der Waals surface area (Å²) in [5.74, 6) is 0.0531. The minimum absolute atomic E-state index is 0.0531. The van der Waals surface area contributed by atoms with Crippen molar-refractivity contribution in [3.05, 3.63) is 12.2 Å². The van der Waals surface area contributed by atoms with Crippen LogP contribution in [0.25, 0.3) is 0 Å². The van der Waals surface area contributed by atoms with Gasteiger partial charge in [0.1, 0.15) is 0 Å². The van der Waals surface area contributed by atoms with E-state index in [9.17, 15) is 4.79 Å². The molecule has 0 saturated carbocycles. The first-order valence-corrected chi connectivity index (χ1v) is 7.91. The quantitative estimate of drug-likeness (QED) is 0.531. The van der Waals surface area contributed by atoms with Crippen molar-refractivity contribution < 1.29 is 9.22 Å². The summed E-state index contributed by atoms with van der Waals surface area (Å²) >= 11 is 0. The molecule has 0 heterocycles. The van der Waals surface area contributed by atoms with Gasteiger partial charge in [-0.15, -0.1) is 0 Å². The molecule has 0 unspecified atom stereocenters. The van der Waals surface area contributed by atoms with E-state index in [0.29, 0.717) is 0 Å². The Morgan fingerprint density at radius 3 is 2.21 bits per heavy atom. The Balaban J connectivity index is 4.19.